The van der Waals surface area contributed by atoms with Gasteiger partial charge in [0.25, 0.3) is 0 Å². The van der Waals surface area contributed by atoms with Crippen molar-refractivity contribution in [3.05, 3.63) is 120 Å². The molecule has 0 saturated carbocycles. The van der Waals surface area contributed by atoms with E-state index in [1.807, 2.05) is 35.7 Å². The molecule has 0 aliphatic carbocycles. The number of pyridine rings is 2. The predicted octanol–water partition coefficient (Wildman–Crippen LogP) is 7.36. The van der Waals surface area contributed by atoms with Gasteiger partial charge in [0.15, 0.2) is 24.8 Å². The Hall–Kier alpha value is -3.48. The number of nitrogens with zero attached hydrogens (tertiary/aromatic N) is 2. The largest absolute Gasteiger partial charge is 0.384 e. The highest BCUT2D eigenvalue weighted by Gasteiger charge is 2.01. The van der Waals surface area contributed by atoms with Crippen molar-refractivity contribution in [1.82, 2.24) is 0 Å². The Balaban J connectivity index is 1.09. The fourth-order valence-corrected chi connectivity index (χ4v) is 5.99. The number of benzene rings is 2. The third-order valence-electron chi connectivity index (χ3n) is 6.57. The van der Waals surface area contributed by atoms with E-state index in [0.717, 1.165) is 24.6 Å². The van der Waals surface area contributed by atoms with Gasteiger partial charge in [-0.15, -0.1) is 0 Å². The van der Waals surface area contributed by atoms with Crippen molar-refractivity contribution in [2.24, 2.45) is 14.1 Å². The van der Waals surface area contributed by atoms with E-state index in [1.54, 1.807) is 0 Å². The zero-order valence-corrected chi connectivity index (χ0v) is 25.6. The maximum absolute atomic E-state index is 3.53. The van der Waals surface area contributed by atoms with Crippen molar-refractivity contribution >= 4 is 56.3 Å². The summed E-state index contributed by atoms with van der Waals surface area (Å²) in [5, 5.41) is 7.06. The standard InChI is InChI=1S/C34H38N4S2/c1-27(31-13-19-37(3)20-14-31)25-29-5-9-33(10-6-29)35-17-23-39-40-24-18-36-34-11-7-30(8-12-34)26-28(2)32-15-21-38(4)22-16-32/h5-16,19-22,25-26H,17-18,23-24H2,1-4H3/p+2. The summed E-state index contributed by atoms with van der Waals surface area (Å²) in [5.41, 5.74) is 9.80. The minimum atomic E-state index is 0.955. The van der Waals surface area contributed by atoms with Crippen molar-refractivity contribution in [2.75, 3.05) is 35.2 Å². The van der Waals surface area contributed by atoms with Crippen LogP contribution in [0.2, 0.25) is 0 Å². The van der Waals surface area contributed by atoms with E-state index in [4.69, 9.17) is 0 Å². The summed E-state index contributed by atoms with van der Waals surface area (Å²) in [7, 11) is 7.92. The minimum Gasteiger partial charge on any atom is -0.384 e. The van der Waals surface area contributed by atoms with Gasteiger partial charge < -0.3 is 10.6 Å². The molecule has 2 heterocycles. The third-order valence-corrected chi connectivity index (χ3v) is 8.98. The number of anilines is 2. The Bertz CT molecular complexity index is 1280. The zero-order chi connectivity index (χ0) is 28.2. The average molecular weight is 569 g/mol. The molecule has 6 heteroatoms. The van der Waals surface area contributed by atoms with E-state index in [9.17, 15) is 0 Å². The van der Waals surface area contributed by atoms with E-state index in [-0.39, 0.29) is 0 Å². The normalized spacial score (nSPS) is 11.9. The van der Waals surface area contributed by atoms with E-state index in [2.05, 4.69) is 143 Å². The number of hydrogen-bond donors (Lipinski definition) is 2. The second kappa shape index (κ2) is 15.3. The lowest BCUT2D eigenvalue weighted by atomic mass is 10.1. The van der Waals surface area contributed by atoms with Gasteiger partial charge in [0, 0.05) is 60.2 Å². The lowest BCUT2D eigenvalue weighted by molar-refractivity contribution is -0.671. The van der Waals surface area contributed by atoms with Crippen LogP contribution in [0.1, 0.15) is 36.1 Å². The van der Waals surface area contributed by atoms with Gasteiger partial charge in [-0.05, 0) is 71.5 Å². The molecule has 0 atom stereocenters. The molecule has 0 aliphatic heterocycles. The predicted molar refractivity (Wildman–Crippen MR) is 177 cm³/mol. The molecular formula is C34H40N4S2+2. The van der Waals surface area contributed by atoms with Crippen molar-refractivity contribution in [3.8, 4) is 0 Å². The van der Waals surface area contributed by atoms with Gasteiger partial charge in [-0.1, -0.05) is 58.0 Å². The summed E-state index contributed by atoms with van der Waals surface area (Å²) >= 11 is 0. The molecule has 4 nitrogen and oxygen atoms in total. The molecule has 4 rings (SSSR count). The molecule has 0 radical (unpaired) electrons. The number of hydrogen-bond acceptors (Lipinski definition) is 4. The number of aromatic nitrogens is 2. The molecule has 4 aromatic rings. The van der Waals surface area contributed by atoms with Crippen LogP contribution >= 0.6 is 21.6 Å². The first-order chi connectivity index (χ1) is 19.5. The second-order valence-electron chi connectivity index (χ2n) is 9.90. The van der Waals surface area contributed by atoms with E-state index in [1.165, 1.54) is 44.8 Å². The number of allylic oxidation sites excluding steroid dienone is 2. The summed E-state index contributed by atoms with van der Waals surface area (Å²) in [6, 6.07) is 26.0. The Morgan fingerprint density at radius 1 is 0.575 bits per heavy atom. The summed E-state index contributed by atoms with van der Waals surface area (Å²) in [6.07, 6.45) is 12.8. The van der Waals surface area contributed by atoms with Gasteiger partial charge >= 0.3 is 0 Å². The molecule has 2 aromatic carbocycles. The average Bonchev–Trinajstić information content (AvgIpc) is 2.97. The van der Waals surface area contributed by atoms with Gasteiger partial charge in [0.05, 0.1) is 0 Å². The Morgan fingerprint density at radius 3 is 1.27 bits per heavy atom. The van der Waals surface area contributed by atoms with Crippen LogP contribution in [-0.4, -0.2) is 24.6 Å². The fraction of sp³-hybridized carbons (Fsp3) is 0.235. The summed E-state index contributed by atoms with van der Waals surface area (Å²) in [4.78, 5) is 0. The molecular weight excluding hydrogens is 529 g/mol. The Kier molecular flexibility index (Phi) is 11.3. The first-order valence-electron chi connectivity index (χ1n) is 13.7. The summed E-state index contributed by atoms with van der Waals surface area (Å²) in [5.74, 6) is 2.13. The lowest BCUT2D eigenvalue weighted by Crippen LogP contribution is -2.25. The molecule has 0 spiro atoms. The van der Waals surface area contributed by atoms with Gasteiger partial charge in [0.1, 0.15) is 14.1 Å². The van der Waals surface area contributed by atoms with Crippen molar-refractivity contribution in [2.45, 2.75) is 13.8 Å². The highest BCUT2D eigenvalue weighted by Crippen LogP contribution is 2.22. The minimum absolute atomic E-state index is 0.955. The molecule has 0 aliphatic rings. The molecule has 0 fully saturated rings. The van der Waals surface area contributed by atoms with Crippen LogP contribution in [0.3, 0.4) is 0 Å². The highest BCUT2D eigenvalue weighted by atomic mass is 33.1. The van der Waals surface area contributed by atoms with Gasteiger partial charge in [-0.3, -0.25) is 0 Å². The van der Waals surface area contributed by atoms with Crippen LogP contribution in [-0.2, 0) is 14.1 Å². The topological polar surface area (TPSA) is 31.8 Å². The smallest absolute Gasteiger partial charge is 0.169 e. The fourth-order valence-electron chi connectivity index (χ4n) is 4.18. The van der Waals surface area contributed by atoms with E-state index < -0.39 is 0 Å². The SMILES string of the molecule is CC(=Cc1ccc(NCCSSCCNc2ccc(C=C(C)c3cc[n+](C)cc3)cc2)cc1)c1cc[n+](C)cc1. The number of rotatable bonds is 13. The molecule has 0 amide bonds. The number of nitrogens with one attached hydrogen (secondary N) is 2. The number of aryl methyl sites for hydroxylation is 2. The molecule has 2 aromatic heterocycles. The van der Waals surface area contributed by atoms with Crippen LogP contribution in [0.25, 0.3) is 23.3 Å². The highest BCUT2D eigenvalue weighted by molar-refractivity contribution is 8.76. The van der Waals surface area contributed by atoms with Crippen molar-refractivity contribution < 1.29 is 9.13 Å². The van der Waals surface area contributed by atoms with Crippen LogP contribution in [0, 0.1) is 0 Å². The maximum atomic E-state index is 3.53. The Labute approximate surface area is 247 Å². The first kappa shape index (κ1) is 29.5. The van der Waals surface area contributed by atoms with Crippen LogP contribution in [0.15, 0.2) is 97.6 Å². The van der Waals surface area contributed by atoms with Gasteiger partial charge in [0.2, 0.25) is 0 Å². The molecule has 2 N–H and O–H groups in total. The quantitative estimate of drug-likeness (QED) is 0.100. The summed E-state index contributed by atoms with van der Waals surface area (Å²) < 4.78 is 4.11. The molecule has 0 saturated heterocycles. The lowest BCUT2D eigenvalue weighted by Gasteiger charge is -2.08. The zero-order valence-electron chi connectivity index (χ0n) is 23.9. The van der Waals surface area contributed by atoms with Crippen LogP contribution < -0.4 is 19.8 Å². The second-order valence-corrected chi connectivity index (χ2v) is 12.6. The van der Waals surface area contributed by atoms with E-state index in [0.29, 0.717) is 0 Å². The third kappa shape index (κ3) is 9.61. The molecule has 0 unspecified atom stereocenters. The molecule has 40 heavy (non-hydrogen) atoms. The van der Waals surface area contributed by atoms with Crippen LogP contribution in [0.4, 0.5) is 11.4 Å². The molecule has 0 bridgehead atoms. The van der Waals surface area contributed by atoms with Crippen LogP contribution in [0.5, 0.6) is 0 Å². The van der Waals surface area contributed by atoms with E-state index >= 15 is 0 Å². The van der Waals surface area contributed by atoms with Gasteiger partial charge in [-0.2, -0.15) is 0 Å². The molecule has 206 valence electrons. The summed E-state index contributed by atoms with van der Waals surface area (Å²) in [6.45, 7) is 6.23. The van der Waals surface area contributed by atoms with Crippen molar-refractivity contribution in [1.29, 1.82) is 0 Å². The first-order valence-corrected chi connectivity index (χ1v) is 16.2. The Morgan fingerprint density at radius 2 is 0.925 bits per heavy atom. The van der Waals surface area contributed by atoms with Crippen molar-refractivity contribution in [3.63, 3.8) is 0 Å². The monoisotopic (exact) mass is 568 g/mol. The maximum Gasteiger partial charge on any atom is 0.169 e. The van der Waals surface area contributed by atoms with Gasteiger partial charge in [-0.25, -0.2) is 9.13 Å².